The Morgan fingerprint density at radius 2 is 1.66 bits per heavy atom. The molecule has 0 aliphatic rings. The minimum absolute atomic E-state index is 0.101. The van der Waals surface area contributed by atoms with Gasteiger partial charge in [-0.2, -0.15) is 10.4 Å². The SMILES string of the molecule is N#C/C(=C\c1ccc(Cl)cc1Cl)C(=O)Nc1cc(-c2ccccc2)nn1-c1ccccc1. The molecule has 5 nitrogen and oxygen atoms in total. The number of para-hydroxylation sites is 1. The summed E-state index contributed by atoms with van der Waals surface area (Å²) in [6, 6.07) is 27.6. The summed E-state index contributed by atoms with van der Waals surface area (Å²) >= 11 is 12.1. The van der Waals surface area contributed by atoms with Crippen molar-refractivity contribution in [2.24, 2.45) is 0 Å². The number of nitrogens with one attached hydrogen (secondary N) is 1. The van der Waals surface area contributed by atoms with E-state index in [-0.39, 0.29) is 5.57 Å². The molecule has 4 aromatic rings. The van der Waals surface area contributed by atoms with E-state index in [2.05, 4.69) is 10.4 Å². The van der Waals surface area contributed by atoms with Crippen molar-refractivity contribution >= 4 is 41.0 Å². The number of hydrogen-bond acceptors (Lipinski definition) is 3. The van der Waals surface area contributed by atoms with E-state index in [4.69, 9.17) is 23.2 Å². The molecule has 1 N–H and O–H groups in total. The molecular weight excluding hydrogens is 443 g/mol. The Hall–Kier alpha value is -3.85. The molecule has 7 heteroatoms. The van der Waals surface area contributed by atoms with Crippen LogP contribution in [0.25, 0.3) is 23.0 Å². The van der Waals surface area contributed by atoms with Crippen LogP contribution >= 0.6 is 23.2 Å². The van der Waals surface area contributed by atoms with Crippen molar-refractivity contribution in [1.29, 1.82) is 5.26 Å². The number of carbonyl (C=O) groups excluding carboxylic acids is 1. The zero-order chi connectivity index (χ0) is 22.5. The van der Waals surface area contributed by atoms with E-state index in [0.717, 1.165) is 11.3 Å². The van der Waals surface area contributed by atoms with Gasteiger partial charge in [0.2, 0.25) is 0 Å². The Balaban J connectivity index is 1.71. The van der Waals surface area contributed by atoms with E-state index < -0.39 is 5.91 Å². The average molecular weight is 459 g/mol. The first-order valence-electron chi connectivity index (χ1n) is 9.64. The molecule has 4 rings (SSSR count). The summed E-state index contributed by atoms with van der Waals surface area (Å²) in [7, 11) is 0. The average Bonchev–Trinajstić information content (AvgIpc) is 3.23. The lowest BCUT2D eigenvalue weighted by Gasteiger charge is -2.08. The van der Waals surface area contributed by atoms with Gasteiger partial charge in [-0.1, -0.05) is 77.8 Å². The van der Waals surface area contributed by atoms with E-state index in [9.17, 15) is 10.1 Å². The fourth-order valence-corrected chi connectivity index (χ4v) is 3.56. The molecule has 156 valence electrons. The van der Waals surface area contributed by atoms with Gasteiger partial charge in [-0.15, -0.1) is 0 Å². The van der Waals surface area contributed by atoms with Crippen molar-refractivity contribution in [3.05, 3.63) is 106 Å². The number of amides is 1. The maximum Gasteiger partial charge on any atom is 0.267 e. The van der Waals surface area contributed by atoms with Crippen LogP contribution in [0, 0.1) is 11.3 Å². The lowest BCUT2D eigenvalue weighted by molar-refractivity contribution is -0.112. The van der Waals surface area contributed by atoms with Gasteiger partial charge >= 0.3 is 0 Å². The second kappa shape index (κ2) is 9.52. The van der Waals surface area contributed by atoms with Crippen LogP contribution in [-0.2, 0) is 4.79 Å². The van der Waals surface area contributed by atoms with Gasteiger partial charge in [-0.25, -0.2) is 4.68 Å². The molecule has 0 bridgehead atoms. The van der Waals surface area contributed by atoms with E-state index in [0.29, 0.717) is 27.1 Å². The summed E-state index contributed by atoms with van der Waals surface area (Å²) in [5.41, 5.74) is 2.78. The normalized spacial score (nSPS) is 11.1. The van der Waals surface area contributed by atoms with E-state index in [1.54, 1.807) is 28.9 Å². The summed E-state index contributed by atoms with van der Waals surface area (Å²) in [5.74, 6) is -0.140. The third-order valence-electron chi connectivity index (χ3n) is 4.65. The highest BCUT2D eigenvalue weighted by Gasteiger charge is 2.17. The summed E-state index contributed by atoms with van der Waals surface area (Å²) in [4.78, 5) is 12.9. The maximum atomic E-state index is 12.9. The van der Waals surface area contributed by atoms with Crippen LogP contribution in [-0.4, -0.2) is 15.7 Å². The highest BCUT2D eigenvalue weighted by atomic mass is 35.5. The van der Waals surface area contributed by atoms with Crippen LogP contribution in [0.3, 0.4) is 0 Å². The van der Waals surface area contributed by atoms with Gasteiger partial charge in [0, 0.05) is 21.7 Å². The Labute approximate surface area is 195 Å². The third kappa shape index (κ3) is 4.73. The number of carbonyl (C=O) groups is 1. The van der Waals surface area contributed by atoms with Crippen molar-refractivity contribution in [3.63, 3.8) is 0 Å². The number of rotatable bonds is 5. The molecule has 0 saturated carbocycles. The molecule has 1 heterocycles. The number of hydrogen-bond donors (Lipinski definition) is 1. The molecule has 32 heavy (non-hydrogen) atoms. The fraction of sp³-hybridized carbons (Fsp3) is 0. The fourth-order valence-electron chi connectivity index (χ4n) is 3.09. The molecule has 0 radical (unpaired) electrons. The summed E-state index contributed by atoms with van der Waals surface area (Å²) < 4.78 is 1.63. The minimum Gasteiger partial charge on any atom is -0.306 e. The number of anilines is 1. The number of aromatic nitrogens is 2. The third-order valence-corrected chi connectivity index (χ3v) is 5.21. The molecule has 3 aromatic carbocycles. The van der Waals surface area contributed by atoms with Crippen molar-refractivity contribution in [3.8, 4) is 23.0 Å². The molecule has 1 amide bonds. The molecule has 0 fully saturated rings. The quantitative estimate of drug-likeness (QED) is 0.278. The predicted octanol–water partition coefficient (Wildman–Crippen LogP) is 6.39. The van der Waals surface area contributed by atoms with Crippen LogP contribution in [0.1, 0.15) is 5.56 Å². The topological polar surface area (TPSA) is 70.7 Å². The molecular formula is C25H16Cl2N4O. The Morgan fingerprint density at radius 1 is 0.969 bits per heavy atom. The van der Waals surface area contributed by atoms with Crippen molar-refractivity contribution in [2.45, 2.75) is 0 Å². The number of nitrogens with zero attached hydrogens (tertiary/aromatic N) is 3. The standard InChI is InChI=1S/C25H16Cl2N4O/c26-20-12-11-18(22(27)14-20)13-19(16-28)25(32)29-24-15-23(17-7-3-1-4-8-17)30-31(24)21-9-5-2-6-10-21/h1-15H,(H,29,32)/b19-13+. The maximum absolute atomic E-state index is 12.9. The Morgan fingerprint density at radius 3 is 2.31 bits per heavy atom. The van der Waals surface area contributed by atoms with Gasteiger partial charge in [0.15, 0.2) is 0 Å². The largest absolute Gasteiger partial charge is 0.306 e. The molecule has 0 saturated heterocycles. The second-order valence-corrected chi connectivity index (χ2v) is 7.66. The lowest BCUT2D eigenvalue weighted by Crippen LogP contribution is -2.16. The highest BCUT2D eigenvalue weighted by Crippen LogP contribution is 2.26. The van der Waals surface area contributed by atoms with Crippen molar-refractivity contribution in [1.82, 2.24) is 9.78 Å². The van der Waals surface area contributed by atoms with Gasteiger partial charge in [0.1, 0.15) is 17.5 Å². The smallest absolute Gasteiger partial charge is 0.267 e. The molecule has 0 atom stereocenters. The van der Waals surface area contributed by atoms with E-state index in [1.165, 1.54) is 6.08 Å². The van der Waals surface area contributed by atoms with Gasteiger partial charge in [-0.05, 0) is 35.9 Å². The van der Waals surface area contributed by atoms with Crippen LogP contribution in [0.2, 0.25) is 10.0 Å². The zero-order valence-electron chi connectivity index (χ0n) is 16.7. The molecule has 0 aliphatic carbocycles. The first-order chi connectivity index (χ1) is 15.5. The van der Waals surface area contributed by atoms with Gasteiger partial charge in [0.25, 0.3) is 5.91 Å². The molecule has 0 aliphatic heterocycles. The summed E-state index contributed by atoms with van der Waals surface area (Å²) in [6.07, 6.45) is 1.43. The van der Waals surface area contributed by atoms with Crippen LogP contribution in [0.4, 0.5) is 5.82 Å². The van der Waals surface area contributed by atoms with Gasteiger partial charge < -0.3 is 5.32 Å². The van der Waals surface area contributed by atoms with E-state index >= 15 is 0 Å². The Bertz CT molecular complexity index is 1340. The second-order valence-electron chi connectivity index (χ2n) is 6.82. The van der Waals surface area contributed by atoms with E-state index in [1.807, 2.05) is 66.7 Å². The van der Waals surface area contributed by atoms with Gasteiger partial charge in [-0.3, -0.25) is 4.79 Å². The summed E-state index contributed by atoms with van der Waals surface area (Å²) in [6.45, 7) is 0. The van der Waals surface area contributed by atoms with Gasteiger partial charge in [0.05, 0.1) is 11.4 Å². The predicted molar refractivity (Wildman–Crippen MR) is 128 cm³/mol. The van der Waals surface area contributed by atoms with Crippen molar-refractivity contribution in [2.75, 3.05) is 5.32 Å². The van der Waals surface area contributed by atoms with Crippen LogP contribution < -0.4 is 5.32 Å². The number of halogens is 2. The summed E-state index contributed by atoms with van der Waals surface area (Å²) in [5, 5.41) is 17.9. The first-order valence-corrected chi connectivity index (χ1v) is 10.4. The zero-order valence-corrected chi connectivity index (χ0v) is 18.2. The number of nitriles is 1. The first kappa shape index (κ1) is 21.4. The monoisotopic (exact) mass is 458 g/mol. The minimum atomic E-state index is -0.574. The molecule has 0 spiro atoms. The molecule has 0 unspecified atom stereocenters. The molecule has 1 aromatic heterocycles. The van der Waals surface area contributed by atoms with Crippen LogP contribution in [0.5, 0.6) is 0 Å². The van der Waals surface area contributed by atoms with Crippen LogP contribution in [0.15, 0.2) is 90.5 Å². The van der Waals surface area contributed by atoms with Crippen molar-refractivity contribution < 1.29 is 4.79 Å². The Kier molecular flexibility index (Phi) is 6.37. The lowest BCUT2D eigenvalue weighted by atomic mass is 10.1. The highest BCUT2D eigenvalue weighted by molar-refractivity contribution is 6.35. The number of benzene rings is 3.